The fraction of sp³-hybridized carbons (Fsp3) is 0.278. The molecule has 0 unspecified atom stereocenters. The Morgan fingerprint density at radius 2 is 2.12 bits per heavy atom. The molecule has 1 aromatic carbocycles. The summed E-state index contributed by atoms with van der Waals surface area (Å²) < 4.78 is 7.99. The Hall–Kier alpha value is -2.47. The summed E-state index contributed by atoms with van der Waals surface area (Å²) in [5.41, 5.74) is 5.07. The van der Waals surface area contributed by atoms with E-state index in [9.17, 15) is 0 Å². The van der Waals surface area contributed by atoms with Crippen molar-refractivity contribution < 1.29 is 4.42 Å². The van der Waals surface area contributed by atoms with Gasteiger partial charge in [0.15, 0.2) is 0 Å². The molecule has 0 fully saturated rings. The summed E-state index contributed by atoms with van der Waals surface area (Å²) >= 11 is 1.80. The van der Waals surface area contributed by atoms with Crippen LogP contribution in [-0.2, 0) is 12.8 Å². The first-order chi connectivity index (χ1) is 11.7. The van der Waals surface area contributed by atoms with Crippen LogP contribution in [0.15, 0.2) is 34.1 Å². The maximum absolute atomic E-state index is 6.06. The van der Waals surface area contributed by atoms with Gasteiger partial charge >= 0.3 is 0 Å². The van der Waals surface area contributed by atoms with Gasteiger partial charge in [-0.15, -0.1) is 16.4 Å². The van der Waals surface area contributed by atoms with E-state index in [1.807, 2.05) is 22.9 Å². The molecule has 1 aliphatic rings. The van der Waals surface area contributed by atoms with Crippen LogP contribution >= 0.6 is 11.3 Å². The van der Waals surface area contributed by atoms with Crippen molar-refractivity contribution in [2.45, 2.75) is 32.7 Å². The zero-order chi connectivity index (χ0) is 16.3. The number of thiophene rings is 1. The van der Waals surface area contributed by atoms with Crippen molar-refractivity contribution in [2.75, 3.05) is 0 Å². The molecule has 0 saturated heterocycles. The Labute approximate surface area is 142 Å². The van der Waals surface area contributed by atoms with Gasteiger partial charge in [0.1, 0.15) is 17.0 Å². The van der Waals surface area contributed by atoms with E-state index in [0.29, 0.717) is 5.89 Å². The van der Waals surface area contributed by atoms with E-state index in [-0.39, 0.29) is 6.04 Å². The first-order valence-electron chi connectivity index (χ1n) is 8.12. The summed E-state index contributed by atoms with van der Waals surface area (Å²) in [6.07, 6.45) is 1.96. The van der Waals surface area contributed by atoms with E-state index in [4.69, 9.17) is 9.40 Å². The van der Waals surface area contributed by atoms with Crippen LogP contribution in [0.2, 0.25) is 0 Å². The van der Waals surface area contributed by atoms with Gasteiger partial charge in [0.2, 0.25) is 5.89 Å². The van der Waals surface area contributed by atoms with Gasteiger partial charge in [-0.2, -0.15) is 0 Å². The van der Waals surface area contributed by atoms with Crippen LogP contribution < -0.4 is 0 Å². The third kappa shape index (κ3) is 1.96. The fourth-order valence-electron chi connectivity index (χ4n) is 3.28. The van der Waals surface area contributed by atoms with E-state index in [2.05, 4.69) is 35.6 Å². The van der Waals surface area contributed by atoms with Gasteiger partial charge in [-0.1, -0.05) is 5.21 Å². The number of fused-ring (bicyclic) bond motifs is 4. The molecule has 0 amide bonds. The van der Waals surface area contributed by atoms with Gasteiger partial charge < -0.3 is 4.42 Å². The summed E-state index contributed by atoms with van der Waals surface area (Å²) in [5, 5.41) is 10.6. The molecule has 0 atom stereocenters. The molecule has 3 heterocycles. The average Bonchev–Trinajstić information content (AvgIpc) is 3.29. The van der Waals surface area contributed by atoms with Gasteiger partial charge in [-0.25, -0.2) is 9.67 Å². The number of benzene rings is 1. The average molecular weight is 336 g/mol. The molecule has 0 radical (unpaired) electrons. The van der Waals surface area contributed by atoms with E-state index in [0.717, 1.165) is 40.9 Å². The molecule has 0 N–H and O–H groups in total. The number of rotatable bonds is 2. The summed E-state index contributed by atoms with van der Waals surface area (Å²) in [7, 11) is 0. The van der Waals surface area contributed by atoms with E-state index in [1.54, 1.807) is 11.3 Å². The lowest BCUT2D eigenvalue weighted by molar-refractivity contribution is 0.516. The number of hydrogen-bond acceptors (Lipinski definition) is 5. The maximum atomic E-state index is 6.06. The van der Waals surface area contributed by atoms with E-state index in [1.165, 1.54) is 10.4 Å². The topological polar surface area (TPSA) is 56.7 Å². The second-order valence-corrected chi connectivity index (χ2v) is 7.38. The van der Waals surface area contributed by atoms with Crippen molar-refractivity contribution in [3.63, 3.8) is 0 Å². The minimum atomic E-state index is 0.284. The molecular weight excluding hydrogens is 320 g/mol. The molecule has 5 nitrogen and oxygen atoms in total. The van der Waals surface area contributed by atoms with Crippen LogP contribution in [0.4, 0.5) is 0 Å². The monoisotopic (exact) mass is 336 g/mol. The number of aromatic nitrogens is 4. The smallest absolute Gasteiger partial charge is 0.226 e. The van der Waals surface area contributed by atoms with Crippen LogP contribution in [0, 0.1) is 0 Å². The van der Waals surface area contributed by atoms with Gasteiger partial charge in [0.05, 0.1) is 5.52 Å². The van der Waals surface area contributed by atoms with Gasteiger partial charge in [-0.05, 0) is 49.9 Å². The molecule has 0 aliphatic heterocycles. The van der Waals surface area contributed by atoms with Crippen molar-refractivity contribution in [3.05, 3.63) is 40.3 Å². The van der Waals surface area contributed by atoms with E-state index >= 15 is 0 Å². The molecule has 6 heteroatoms. The Morgan fingerprint density at radius 1 is 1.21 bits per heavy atom. The number of oxazole rings is 1. The summed E-state index contributed by atoms with van der Waals surface area (Å²) in [4.78, 5) is 6.17. The second kappa shape index (κ2) is 5.01. The third-order valence-electron chi connectivity index (χ3n) is 4.48. The number of aryl methyl sites for hydroxylation is 2. The Kier molecular flexibility index (Phi) is 2.91. The Bertz CT molecular complexity index is 1060. The van der Waals surface area contributed by atoms with Crippen molar-refractivity contribution >= 4 is 22.4 Å². The van der Waals surface area contributed by atoms with E-state index < -0.39 is 0 Å². The first-order valence-corrected chi connectivity index (χ1v) is 9.00. The molecule has 0 saturated carbocycles. The van der Waals surface area contributed by atoms with Gasteiger partial charge in [-0.3, -0.25) is 0 Å². The Balaban J connectivity index is 1.62. The zero-order valence-corrected chi connectivity index (χ0v) is 14.3. The van der Waals surface area contributed by atoms with Crippen molar-refractivity contribution in [1.29, 1.82) is 0 Å². The summed E-state index contributed by atoms with van der Waals surface area (Å²) in [5.74, 6) is 1.65. The standard InChI is InChI=1S/C18H16N4OS/c1-10(2)22-14-4-3-11(9-13(14)20-21-22)18-19-17-12-7-8-24-16(12)6-5-15(17)23-18/h3-4,7-10H,5-6H2,1-2H3. The highest BCUT2D eigenvalue weighted by molar-refractivity contribution is 7.10. The van der Waals surface area contributed by atoms with Crippen LogP contribution in [0.25, 0.3) is 33.7 Å². The Morgan fingerprint density at radius 3 is 3.00 bits per heavy atom. The minimum Gasteiger partial charge on any atom is -0.440 e. The van der Waals surface area contributed by atoms with Crippen LogP contribution in [0.3, 0.4) is 0 Å². The molecule has 3 aromatic heterocycles. The largest absolute Gasteiger partial charge is 0.440 e. The second-order valence-electron chi connectivity index (χ2n) is 6.38. The highest BCUT2D eigenvalue weighted by Crippen LogP contribution is 2.38. The molecule has 1 aliphatic carbocycles. The molecule has 120 valence electrons. The van der Waals surface area contributed by atoms with Crippen LogP contribution in [-0.4, -0.2) is 20.0 Å². The normalized spacial score (nSPS) is 13.5. The van der Waals surface area contributed by atoms with Gasteiger partial charge in [0, 0.05) is 28.5 Å². The van der Waals surface area contributed by atoms with Crippen LogP contribution in [0.1, 0.15) is 30.5 Å². The highest BCUT2D eigenvalue weighted by atomic mass is 32.1. The minimum absolute atomic E-state index is 0.284. The molecule has 0 spiro atoms. The lowest BCUT2D eigenvalue weighted by Gasteiger charge is -2.07. The molecule has 4 aromatic rings. The quantitative estimate of drug-likeness (QED) is 0.541. The molecule has 24 heavy (non-hydrogen) atoms. The third-order valence-corrected chi connectivity index (χ3v) is 5.46. The molecular formula is C18H16N4OS. The SMILES string of the molecule is CC(C)n1nnc2cc(-c3nc4c(o3)CCc3sccc3-4)ccc21. The number of nitrogens with zero attached hydrogens (tertiary/aromatic N) is 4. The van der Waals surface area contributed by atoms with Gasteiger partial charge in [0.25, 0.3) is 0 Å². The fourth-order valence-corrected chi connectivity index (χ4v) is 4.16. The summed E-state index contributed by atoms with van der Waals surface area (Å²) in [6, 6.07) is 8.52. The first kappa shape index (κ1) is 13.9. The number of hydrogen-bond donors (Lipinski definition) is 0. The summed E-state index contributed by atoms with van der Waals surface area (Å²) in [6.45, 7) is 4.20. The lowest BCUT2D eigenvalue weighted by atomic mass is 10.0. The predicted octanol–water partition coefficient (Wildman–Crippen LogP) is 4.49. The maximum Gasteiger partial charge on any atom is 0.226 e. The predicted molar refractivity (Wildman–Crippen MR) is 94.1 cm³/mol. The van der Waals surface area contributed by atoms with Crippen LogP contribution in [0.5, 0.6) is 0 Å². The molecule has 0 bridgehead atoms. The van der Waals surface area contributed by atoms with Crippen molar-refractivity contribution in [3.8, 4) is 22.7 Å². The van der Waals surface area contributed by atoms with Crippen molar-refractivity contribution in [1.82, 2.24) is 20.0 Å². The highest BCUT2D eigenvalue weighted by Gasteiger charge is 2.24. The van der Waals surface area contributed by atoms with Crippen molar-refractivity contribution in [2.24, 2.45) is 0 Å². The molecule has 5 rings (SSSR count). The zero-order valence-electron chi connectivity index (χ0n) is 13.5. The lowest BCUT2D eigenvalue weighted by Crippen LogP contribution is -2.02.